The number of carbonyl (C=O) groups is 1. The molecule has 106 valence electrons. The predicted octanol–water partition coefficient (Wildman–Crippen LogP) is 3.11. The highest BCUT2D eigenvalue weighted by molar-refractivity contribution is 5.68. The van der Waals surface area contributed by atoms with Crippen molar-refractivity contribution in [2.45, 2.75) is 52.2 Å². The van der Waals surface area contributed by atoms with Crippen LogP contribution in [0.25, 0.3) is 0 Å². The number of hydrogen-bond acceptors (Lipinski definition) is 3. The lowest BCUT2D eigenvalue weighted by Gasteiger charge is -2.23. The van der Waals surface area contributed by atoms with Crippen LogP contribution in [0.4, 0.5) is 10.5 Å². The molecule has 0 bridgehead atoms. The van der Waals surface area contributed by atoms with Crippen LogP contribution in [-0.2, 0) is 11.2 Å². The molecule has 0 unspecified atom stereocenters. The summed E-state index contributed by atoms with van der Waals surface area (Å²) in [5.74, 6) is 0. The zero-order valence-electron chi connectivity index (χ0n) is 12.2. The van der Waals surface area contributed by atoms with E-state index in [1.165, 1.54) is 0 Å². The summed E-state index contributed by atoms with van der Waals surface area (Å²) < 4.78 is 5.26. The van der Waals surface area contributed by atoms with Crippen molar-refractivity contribution in [1.82, 2.24) is 5.32 Å². The monoisotopic (exact) mass is 264 g/mol. The van der Waals surface area contributed by atoms with Gasteiger partial charge in [0.05, 0.1) is 0 Å². The van der Waals surface area contributed by atoms with Crippen molar-refractivity contribution in [3.05, 3.63) is 29.8 Å². The topological polar surface area (TPSA) is 64.3 Å². The third kappa shape index (κ3) is 6.13. The molecule has 1 rings (SSSR count). The normalized spacial score (nSPS) is 12.8. The van der Waals surface area contributed by atoms with E-state index >= 15 is 0 Å². The summed E-state index contributed by atoms with van der Waals surface area (Å²) in [4.78, 5) is 11.7. The quantitative estimate of drug-likeness (QED) is 0.821. The number of ether oxygens (including phenoxy) is 1. The average molecular weight is 264 g/mol. The smallest absolute Gasteiger partial charge is 0.407 e. The highest BCUT2D eigenvalue weighted by Crippen LogP contribution is 2.12. The number of rotatable bonds is 4. The number of nitrogens with one attached hydrogen (secondary N) is 1. The standard InChI is InChI=1S/C15H24N2O2/c1-5-13(17-14(18)19-15(2,3)4)10-11-7-6-8-12(16)9-11/h6-9,13H,5,10,16H2,1-4H3,(H,17,18)/t13-/m1/s1. The maximum absolute atomic E-state index is 11.7. The van der Waals surface area contributed by atoms with Gasteiger partial charge in [0.2, 0.25) is 0 Å². The first-order chi connectivity index (χ1) is 8.80. The molecule has 19 heavy (non-hydrogen) atoms. The van der Waals surface area contributed by atoms with Crippen LogP contribution in [0.15, 0.2) is 24.3 Å². The van der Waals surface area contributed by atoms with E-state index in [0.29, 0.717) is 0 Å². The molecule has 4 nitrogen and oxygen atoms in total. The van der Waals surface area contributed by atoms with Crippen molar-refractivity contribution >= 4 is 11.8 Å². The van der Waals surface area contributed by atoms with Gasteiger partial charge in [-0.2, -0.15) is 0 Å². The first-order valence-electron chi connectivity index (χ1n) is 6.64. The minimum Gasteiger partial charge on any atom is -0.444 e. The number of nitrogens with two attached hydrogens (primary N) is 1. The Bertz CT molecular complexity index is 424. The Balaban J connectivity index is 2.57. The van der Waals surface area contributed by atoms with Crippen molar-refractivity contribution in [1.29, 1.82) is 0 Å². The van der Waals surface area contributed by atoms with Gasteiger partial charge < -0.3 is 15.8 Å². The van der Waals surface area contributed by atoms with Crippen LogP contribution in [0.5, 0.6) is 0 Å². The summed E-state index contributed by atoms with van der Waals surface area (Å²) in [6.07, 6.45) is 1.22. The molecule has 0 saturated heterocycles. The van der Waals surface area contributed by atoms with E-state index < -0.39 is 5.60 Å². The molecule has 0 radical (unpaired) electrons. The summed E-state index contributed by atoms with van der Waals surface area (Å²) in [5.41, 5.74) is 7.13. The van der Waals surface area contributed by atoms with Crippen LogP contribution in [0.1, 0.15) is 39.7 Å². The Morgan fingerprint density at radius 3 is 2.63 bits per heavy atom. The van der Waals surface area contributed by atoms with Gasteiger partial charge in [0.1, 0.15) is 5.60 Å². The van der Waals surface area contributed by atoms with Gasteiger partial charge in [0.25, 0.3) is 0 Å². The first kappa shape index (κ1) is 15.3. The highest BCUT2D eigenvalue weighted by Gasteiger charge is 2.18. The lowest BCUT2D eigenvalue weighted by molar-refractivity contribution is 0.0503. The van der Waals surface area contributed by atoms with Crippen LogP contribution >= 0.6 is 0 Å². The Labute approximate surface area is 115 Å². The Kier molecular flexibility index (Phi) is 5.21. The summed E-state index contributed by atoms with van der Waals surface area (Å²) in [6.45, 7) is 7.59. The van der Waals surface area contributed by atoms with Gasteiger partial charge in [-0.1, -0.05) is 19.1 Å². The molecule has 0 fully saturated rings. The summed E-state index contributed by atoms with van der Waals surface area (Å²) in [7, 11) is 0. The van der Waals surface area contributed by atoms with Crippen LogP contribution in [0.2, 0.25) is 0 Å². The molecular formula is C15H24N2O2. The number of amides is 1. The minimum atomic E-state index is -0.473. The molecule has 3 N–H and O–H groups in total. The van der Waals surface area contributed by atoms with E-state index in [4.69, 9.17) is 10.5 Å². The van der Waals surface area contributed by atoms with E-state index in [1.807, 2.05) is 52.0 Å². The third-order valence-electron chi connectivity index (χ3n) is 2.65. The molecule has 1 atom stereocenters. The van der Waals surface area contributed by atoms with E-state index in [1.54, 1.807) is 0 Å². The lowest BCUT2D eigenvalue weighted by atomic mass is 10.0. The molecule has 0 saturated carbocycles. The highest BCUT2D eigenvalue weighted by atomic mass is 16.6. The molecule has 0 aliphatic heterocycles. The number of alkyl carbamates (subject to hydrolysis) is 1. The van der Waals surface area contributed by atoms with Gasteiger partial charge in [-0.15, -0.1) is 0 Å². The molecule has 0 spiro atoms. The second-order valence-electron chi connectivity index (χ2n) is 5.70. The molecule has 0 aromatic heterocycles. The molecule has 0 aliphatic carbocycles. The number of nitrogen functional groups attached to an aromatic ring is 1. The number of hydrogen-bond donors (Lipinski definition) is 2. The molecule has 0 aliphatic rings. The van der Waals surface area contributed by atoms with Crippen LogP contribution < -0.4 is 11.1 Å². The fourth-order valence-corrected chi connectivity index (χ4v) is 1.78. The fourth-order valence-electron chi connectivity index (χ4n) is 1.78. The van der Waals surface area contributed by atoms with Crippen molar-refractivity contribution in [3.63, 3.8) is 0 Å². The van der Waals surface area contributed by atoms with E-state index in [2.05, 4.69) is 5.32 Å². The Morgan fingerprint density at radius 2 is 2.11 bits per heavy atom. The fraction of sp³-hybridized carbons (Fsp3) is 0.533. The molecule has 1 aromatic carbocycles. The van der Waals surface area contributed by atoms with Gasteiger partial charge in [-0.3, -0.25) is 0 Å². The third-order valence-corrected chi connectivity index (χ3v) is 2.65. The minimum absolute atomic E-state index is 0.0525. The predicted molar refractivity (Wildman–Crippen MR) is 78.0 cm³/mol. The van der Waals surface area contributed by atoms with E-state index in [9.17, 15) is 4.79 Å². The molecule has 0 heterocycles. The molecular weight excluding hydrogens is 240 g/mol. The summed E-state index contributed by atoms with van der Waals surface area (Å²) in [6, 6.07) is 7.77. The maximum Gasteiger partial charge on any atom is 0.407 e. The van der Waals surface area contributed by atoms with E-state index in [0.717, 1.165) is 24.1 Å². The molecule has 1 aromatic rings. The van der Waals surface area contributed by atoms with Crippen LogP contribution in [-0.4, -0.2) is 17.7 Å². The molecule has 4 heteroatoms. The summed E-state index contributed by atoms with van der Waals surface area (Å²) in [5, 5.41) is 2.89. The van der Waals surface area contributed by atoms with Crippen molar-refractivity contribution in [3.8, 4) is 0 Å². The summed E-state index contributed by atoms with van der Waals surface area (Å²) >= 11 is 0. The second-order valence-corrected chi connectivity index (χ2v) is 5.70. The zero-order valence-corrected chi connectivity index (χ0v) is 12.2. The first-order valence-corrected chi connectivity index (χ1v) is 6.64. The number of benzene rings is 1. The van der Waals surface area contributed by atoms with Crippen molar-refractivity contribution < 1.29 is 9.53 Å². The molecule has 1 amide bonds. The largest absolute Gasteiger partial charge is 0.444 e. The van der Waals surface area contributed by atoms with Crippen molar-refractivity contribution in [2.75, 3.05) is 5.73 Å². The maximum atomic E-state index is 11.7. The van der Waals surface area contributed by atoms with Gasteiger partial charge in [-0.25, -0.2) is 4.79 Å². The zero-order chi connectivity index (χ0) is 14.5. The average Bonchev–Trinajstić information content (AvgIpc) is 2.25. The number of anilines is 1. The van der Waals surface area contributed by atoms with Gasteiger partial charge in [0.15, 0.2) is 0 Å². The van der Waals surface area contributed by atoms with Gasteiger partial charge in [0, 0.05) is 11.7 Å². The Morgan fingerprint density at radius 1 is 1.42 bits per heavy atom. The van der Waals surface area contributed by atoms with Crippen LogP contribution in [0, 0.1) is 0 Å². The Hall–Kier alpha value is -1.71. The van der Waals surface area contributed by atoms with Crippen molar-refractivity contribution in [2.24, 2.45) is 0 Å². The van der Waals surface area contributed by atoms with Gasteiger partial charge in [-0.05, 0) is 51.3 Å². The second kappa shape index (κ2) is 6.45. The number of carbonyl (C=O) groups excluding carboxylic acids is 1. The van der Waals surface area contributed by atoms with E-state index in [-0.39, 0.29) is 12.1 Å². The SMILES string of the molecule is CC[C@H](Cc1cccc(N)c1)NC(=O)OC(C)(C)C. The van der Waals surface area contributed by atoms with Crippen LogP contribution in [0.3, 0.4) is 0 Å². The van der Waals surface area contributed by atoms with Gasteiger partial charge >= 0.3 is 6.09 Å². The lowest BCUT2D eigenvalue weighted by Crippen LogP contribution is -2.39.